The fraction of sp³-hybridized carbons (Fsp3) is 0.267. The molecule has 3 aromatic rings. The molecule has 102 valence electrons. The summed E-state index contributed by atoms with van der Waals surface area (Å²) in [6.45, 7) is 5.99. The molecule has 0 bridgehead atoms. The van der Waals surface area contributed by atoms with Gasteiger partial charge in [0.25, 0.3) is 0 Å². The zero-order chi connectivity index (χ0) is 14.3. The lowest BCUT2D eigenvalue weighted by molar-refractivity contribution is 0.112. The Morgan fingerprint density at radius 3 is 2.75 bits per heavy atom. The first-order chi connectivity index (χ1) is 9.61. The number of aromatic nitrogens is 3. The lowest BCUT2D eigenvalue weighted by atomic mass is 10.2. The zero-order valence-corrected chi connectivity index (χ0v) is 11.6. The Labute approximate surface area is 116 Å². The van der Waals surface area contributed by atoms with E-state index in [-0.39, 0.29) is 6.04 Å². The minimum absolute atomic E-state index is 0.213. The van der Waals surface area contributed by atoms with Crippen LogP contribution >= 0.6 is 0 Å². The van der Waals surface area contributed by atoms with Gasteiger partial charge in [0.05, 0.1) is 17.3 Å². The fourth-order valence-electron chi connectivity index (χ4n) is 2.36. The molecule has 20 heavy (non-hydrogen) atoms. The molecule has 0 aromatic carbocycles. The van der Waals surface area contributed by atoms with E-state index in [1.165, 1.54) is 0 Å². The van der Waals surface area contributed by atoms with Crippen molar-refractivity contribution in [3.63, 3.8) is 0 Å². The maximum absolute atomic E-state index is 11.2. The van der Waals surface area contributed by atoms with Crippen LogP contribution in [-0.4, -0.2) is 20.8 Å². The normalized spacial score (nSPS) is 11.4. The molecular weight excluding hydrogens is 254 g/mol. The zero-order valence-electron chi connectivity index (χ0n) is 11.6. The molecule has 0 unspecified atom stereocenters. The lowest BCUT2D eigenvalue weighted by Crippen LogP contribution is -2.02. The van der Waals surface area contributed by atoms with Crippen molar-refractivity contribution >= 4 is 17.3 Å². The van der Waals surface area contributed by atoms with Gasteiger partial charge in [0.1, 0.15) is 5.65 Å². The molecule has 0 atom stereocenters. The smallest absolute Gasteiger partial charge is 0.197 e. The summed E-state index contributed by atoms with van der Waals surface area (Å²) in [4.78, 5) is 20.3. The van der Waals surface area contributed by atoms with E-state index in [0.29, 0.717) is 17.1 Å². The van der Waals surface area contributed by atoms with Crippen LogP contribution in [0.15, 0.2) is 29.0 Å². The lowest BCUT2D eigenvalue weighted by Gasteiger charge is -2.09. The van der Waals surface area contributed by atoms with E-state index in [0.717, 1.165) is 23.0 Å². The van der Waals surface area contributed by atoms with Crippen molar-refractivity contribution in [2.24, 2.45) is 0 Å². The topological polar surface area (TPSA) is 60.9 Å². The number of furan rings is 1. The molecule has 0 amide bonds. The van der Waals surface area contributed by atoms with E-state index in [1.54, 1.807) is 12.3 Å². The van der Waals surface area contributed by atoms with Gasteiger partial charge < -0.3 is 8.98 Å². The monoisotopic (exact) mass is 269 g/mol. The van der Waals surface area contributed by atoms with Gasteiger partial charge in [-0.05, 0) is 32.9 Å². The first-order valence-corrected chi connectivity index (χ1v) is 6.50. The van der Waals surface area contributed by atoms with Gasteiger partial charge in [0.2, 0.25) is 0 Å². The predicted molar refractivity (Wildman–Crippen MR) is 75.7 cm³/mol. The Kier molecular flexibility index (Phi) is 2.89. The molecule has 3 aromatic heterocycles. The van der Waals surface area contributed by atoms with E-state index < -0.39 is 0 Å². The number of rotatable bonds is 3. The molecule has 5 nitrogen and oxygen atoms in total. The molecule has 0 radical (unpaired) electrons. The van der Waals surface area contributed by atoms with Crippen LogP contribution in [0.3, 0.4) is 0 Å². The first kappa shape index (κ1) is 12.6. The highest BCUT2D eigenvalue weighted by atomic mass is 16.3. The second-order valence-electron chi connectivity index (χ2n) is 5.01. The third kappa shape index (κ3) is 1.82. The number of hydrogen-bond acceptors (Lipinski definition) is 4. The third-order valence-corrected chi connectivity index (χ3v) is 3.31. The maximum Gasteiger partial charge on any atom is 0.197 e. The molecule has 0 aliphatic rings. The first-order valence-electron chi connectivity index (χ1n) is 6.50. The molecule has 0 aliphatic heterocycles. The van der Waals surface area contributed by atoms with Crippen LogP contribution in [0.5, 0.6) is 0 Å². The molecule has 0 spiro atoms. The quantitative estimate of drug-likeness (QED) is 0.684. The van der Waals surface area contributed by atoms with Crippen molar-refractivity contribution in [2.75, 3.05) is 0 Å². The van der Waals surface area contributed by atoms with E-state index in [4.69, 9.17) is 4.42 Å². The number of aldehydes is 1. The fourth-order valence-corrected chi connectivity index (χ4v) is 2.36. The van der Waals surface area contributed by atoms with E-state index in [9.17, 15) is 4.79 Å². The molecule has 3 rings (SSSR count). The average molecular weight is 269 g/mol. The number of aryl methyl sites for hydroxylation is 1. The largest absolute Gasteiger partial charge is 0.461 e. The Balaban J connectivity index is 2.35. The van der Waals surface area contributed by atoms with Gasteiger partial charge in [0.15, 0.2) is 17.9 Å². The summed E-state index contributed by atoms with van der Waals surface area (Å²) in [5, 5.41) is 0.809. The van der Waals surface area contributed by atoms with Gasteiger partial charge in [-0.2, -0.15) is 0 Å². The summed E-state index contributed by atoms with van der Waals surface area (Å²) >= 11 is 0. The Bertz CT molecular complexity index is 770. The molecular formula is C15H15N3O2. The Morgan fingerprint density at radius 1 is 1.35 bits per heavy atom. The average Bonchev–Trinajstić information content (AvgIpc) is 3.05. The van der Waals surface area contributed by atoms with Gasteiger partial charge in [-0.1, -0.05) is 0 Å². The maximum atomic E-state index is 11.2. The second-order valence-corrected chi connectivity index (χ2v) is 5.01. The van der Waals surface area contributed by atoms with Crippen LogP contribution in [0.25, 0.3) is 22.6 Å². The summed E-state index contributed by atoms with van der Waals surface area (Å²) < 4.78 is 7.34. The van der Waals surface area contributed by atoms with Gasteiger partial charge in [0, 0.05) is 17.8 Å². The summed E-state index contributed by atoms with van der Waals surface area (Å²) in [6, 6.07) is 3.84. The SMILES string of the molecule is Cc1nc(-c2ccco2)nc2c1c(C=O)cn2C(C)C. The standard InChI is InChI=1S/C15H15N3O2/c1-9(2)18-7-11(8-19)13-10(3)16-14(17-15(13)18)12-5-4-6-20-12/h4-9H,1-3H3. The number of carbonyl (C=O) groups is 1. The minimum Gasteiger partial charge on any atom is -0.461 e. The molecule has 3 heterocycles. The highest BCUT2D eigenvalue weighted by Crippen LogP contribution is 2.27. The number of carbonyl (C=O) groups excluding carboxylic acids is 1. The molecule has 0 saturated carbocycles. The van der Waals surface area contributed by atoms with Gasteiger partial charge in [-0.15, -0.1) is 0 Å². The summed E-state index contributed by atoms with van der Waals surface area (Å²) in [6.07, 6.45) is 4.27. The number of nitrogens with zero attached hydrogens (tertiary/aromatic N) is 3. The van der Waals surface area contributed by atoms with Crippen molar-refractivity contribution in [3.8, 4) is 11.6 Å². The van der Waals surface area contributed by atoms with Crippen molar-refractivity contribution in [3.05, 3.63) is 35.9 Å². The molecule has 0 fully saturated rings. The molecule has 0 saturated heterocycles. The van der Waals surface area contributed by atoms with E-state index in [1.807, 2.05) is 23.8 Å². The number of fused-ring (bicyclic) bond motifs is 1. The Morgan fingerprint density at radius 2 is 2.15 bits per heavy atom. The highest BCUT2D eigenvalue weighted by Gasteiger charge is 2.17. The van der Waals surface area contributed by atoms with Crippen LogP contribution in [0.1, 0.15) is 35.9 Å². The van der Waals surface area contributed by atoms with E-state index in [2.05, 4.69) is 23.8 Å². The minimum atomic E-state index is 0.213. The summed E-state index contributed by atoms with van der Waals surface area (Å²) in [5.41, 5.74) is 2.17. The van der Waals surface area contributed by atoms with Crippen molar-refractivity contribution < 1.29 is 9.21 Å². The van der Waals surface area contributed by atoms with Crippen LogP contribution in [0.4, 0.5) is 0 Å². The molecule has 0 N–H and O–H groups in total. The highest BCUT2D eigenvalue weighted by molar-refractivity contribution is 5.97. The summed E-state index contributed by atoms with van der Waals surface area (Å²) in [7, 11) is 0. The van der Waals surface area contributed by atoms with Gasteiger partial charge in [-0.25, -0.2) is 9.97 Å². The van der Waals surface area contributed by atoms with Crippen molar-refractivity contribution in [2.45, 2.75) is 26.8 Å². The number of hydrogen-bond donors (Lipinski definition) is 0. The van der Waals surface area contributed by atoms with Gasteiger partial charge in [-0.3, -0.25) is 4.79 Å². The third-order valence-electron chi connectivity index (χ3n) is 3.31. The van der Waals surface area contributed by atoms with Crippen LogP contribution in [-0.2, 0) is 0 Å². The summed E-state index contributed by atoms with van der Waals surface area (Å²) in [5.74, 6) is 1.16. The van der Waals surface area contributed by atoms with Crippen LogP contribution in [0, 0.1) is 6.92 Å². The Hall–Kier alpha value is -2.43. The molecule has 0 aliphatic carbocycles. The van der Waals surface area contributed by atoms with Crippen molar-refractivity contribution in [1.82, 2.24) is 14.5 Å². The van der Waals surface area contributed by atoms with Crippen LogP contribution < -0.4 is 0 Å². The molecule has 5 heteroatoms. The van der Waals surface area contributed by atoms with Crippen molar-refractivity contribution in [1.29, 1.82) is 0 Å². The van der Waals surface area contributed by atoms with Crippen LogP contribution in [0.2, 0.25) is 0 Å². The van der Waals surface area contributed by atoms with Gasteiger partial charge >= 0.3 is 0 Å². The predicted octanol–water partition coefficient (Wildman–Crippen LogP) is 3.39. The second kappa shape index (κ2) is 4.59. The van der Waals surface area contributed by atoms with E-state index >= 15 is 0 Å².